The van der Waals surface area contributed by atoms with E-state index in [2.05, 4.69) is 0 Å². The fourth-order valence-electron chi connectivity index (χ4n) is 2.35. The van der Waals surface area contributed by atoms with Gasteiger partial charge in [-0.3, -0.25) is 0 Å². The zero-order chi connectivity index (χ0) is 15.6. The fraction of sp³-hybridized carbons (Fsp3) is 0.294. The fourth-order valence-corrected chi connectivity index (χ4v) is 2.35. The Morgan fingerprint density at radius 2 is 1.86 bits per heavy atom. The molecular formula is C17H18F2O2. The van der Waals surface area contributed by atoms with Gasteiger partial charge in [0, 0.05) is 18.1 Å². The van der Waals surface area contributed by atoms with E-state index in [4.69, 9.17) is 4.74 Å². The van der Waals surface area contributed by atoms with E-state index >= 15 is 0 Å². The Morgan fingerprint density at radius 3 is 2.48 bits per heavy atom. The molecule has 2 aromatic carbocycles. The summed E-state index contributed by atoms with van der Waals surface area (Å²) in [6, 6.07) is 7.01. The van der Waals surface area contributed by atoms with Crippen molar-refractivity contribution in [1.82, 2.24) is 0 Å². The number of methoxy groups -OCH3 is 1. The first kappa shape index (κ1) is 15.4. The first-order chi connectivity index (χ1) is 9.93. The molecule has 0 saturated carbocycles. The third kappa shape index (κ3) is 3.22. The maximum Gasteiger partial charge on any atom is 0.129 e. The van der Waals surface area contributed by atoms with Gasteiger partial charge in [0.1, 0.15) is 17.4 Å². The highest BCUT2D eigenvalue weighted by atomic mass is 19.1. The van der Waals surface area contributed by atoms with Gasteiger partial charge in [0.2, 0.25) is 0 Å². The van der Waals surface area contributed by atoms with E-state index in [9.17, 15) is 13.9 Å². The Hall–Kier alpha value is -1.94. The minimum absolute atomic E-state index is 0.0605. The van der Waals surface area contributed by atoms with Crippen molar-refractivity contribution in [3.05, 3.63) is 64.2 Å². The van der Waals surface area contributed by atoms with E-state index in [-0.39, 0.29) is 12.0 Å². The second-order valence-electron chi connectivity index (χ2n) is 5.09. The topological polar surface area (TPSA) is 29.5 Å². The summed E-state index contributed by atoms with van der Waals surface area (Å²) in [6.07, 6.45) is -0.857. The number of halogens is 2. The molecule has 0 aromatic heterocycles. The first-order valence-electron chi connectivity index (χ1n) is 6.70. The van der Waals surface area contributed by atoms with Gasteiger partial charge in [-0.15, -0.1) is 0 Å². The second kappa shape index (κ2) is 6.22. The zero-order valence-corrected chi connectivity index (χ0v) is 12.3. The number of benzene rings is 2. The minimum atomic E-state index is -0.917. The number of rotatable bonds is 4. The van der Waals surface area contributed by atoms with Crippen molar-refractivity contribution in [1.29, 1.82) is 0 Å². The minimum Gasteiger partial charge on any atom is -0.496 e. The molecule has 21 heavy (non-hydrogen) atoms. The summed E-state index contributed by atoms with van der Waals surface area (Å²) in [6.45, 7) is 3.86. The van der Waals surface area contributed by atoms with Crippen molar-refractivity contribution in [2.45, 2.75) is 26.4 Å². The summed E-state index contributed by atoms with van der Waals surface area (Å²) in [4.78, 5) is 0. The summed E-state index contributed by atoms with van der Waals surface area (Å²) in [7, 11) is 1.54. The van der Waals surface area contributed by atoms with Crippen LogP contribution in [0.5, 0.6) is 5.75 Å². The molecule has 0 spiro atoms. The summed E-state index contributed by atoms with van der Waals surface area (Å²) >= 11 is 0. The predicted octanol–water partition coefficient (Wildman–Crippen LogP) is 3.87. The number of aliphatic hydroxyl groups is 1. The van der Waals surface area contributed by atoms with E-state index in [0.717, 1.165) is 17.2 Å². The Kier molecular flexibility index (Phi) is 4.58. The van der Waals surface area contributed by atoms with Crippen molar-refractivity contribution < 1.29 is 18.6 Å². The van der Waals surface area contributed by atoms with Crippen LogP contribution in [0.15, 0.2) is 30.3 Å². The van der Waals surface area contributed by atoms with Gasteiger partial charge < -0.3 is 9.84 Å². The van der Waals surface area contributed by atoms with Crippen LogP contribution in [0.4, 0.5) is 8.78 Å². The molecule has 2 nitrogen and oxygen atoms in total. The monoisotopic (exact) mass is 292 g/mol. The van der Waals surface area contributed by atoms with E-state index in [1.165, 1.54) is 19.2 Å². The number of ether oxygens (including phenoxy) is 1. The molecule has 0 saturated heterocycles. The predicted molar refractivity (Wildman–Crippen MR) is 77.5 cm³/mol. The molecule has 112 valence electrons. The Morgan fingerprint density at radius 1 is 1.14 bits per heavy atom. The maximum absolute atomic E-state index is 13.7. The smallest absolute Gasteiger partial charge is 0.129 e. The van der Waals surface area contributed by atoms with Gasteiger partial charge in [0.25, 0.3) is 0 Å². The summed E-state index contributed by atoms with van der Waals surface area (Å²) in [5.74, 6) is -0.684. The van der Waals surface area contributed by atoms with Crippen LogP contribution < -0.4 is 4.74 Å². The molecule has 0 fully saturated rings. The third-order valence-corrected chi connectivity index (χ3v) is 3.70. The van der Waals surface area contributed by atoms with E-state index < -0.39 is 17.7 Å². The summed E-state index contributed by atoms with van der Waals surface area (Å²) < 4.78 is 31.9. The van der Waals surface area contributed by atoms with Crippen molar-refractivity contribution in [2.24, 2.45) is 0 Å². The van der Waals surface area contributed by atoms with Crippen LogP contribution in [0, 0.1) is 25.5 Å². The molecular weight excluding hydrogens is 274 g/mol. The highest BCUT2D eigenvalue weighted by Gasteiger charge is 2.18. The lowest BCUT2D eigenvalue weighted by molar-refractivity contribution is 0.172. The Bertz CT molecular complexity index is 653. The molecule has 0 bridgehead atoms. The summed E-state index contributed by atoms with van der Waals surface area (Å²) in [5.41, 5.74) is 2.86. The van der Waals surface area contributed by atoms with Crippen LogP contribution in [0.2, 0.25) is 0 Å². The van der Waals surface area contributed by atoms with Crippen LogP contribution in [0.25, 0.3) is 0 Å². The van der Waals surface area contributed by atoms with E-state index in [1.54, 1.807) is 6.07 Å². The zero-order valence-electron chi connectivity index (χ0n) is 12.3. The van der Waals surface area contributed by atoms with Gasteiger partial charge >= 0.3 is 0 Å². The van der Waals surface area contributed by atoms with Crippen molar-refractivity contribution in [3.63, 3.8) is 0 Å². The molecule has 1 atom stereocenters. The molecule has 0 amide bonds. The van der Waals surface area contributed by atoms with Crippen molar-refractivity contribution in [2.75, 3.05) is 7.11 Å². The largest absolute Gasteiger partial charge is 0.496 e. The normalized spacial score (nSPS) is 12.3. The van der Waals surface area contributed by atoms with Gasteiger partial charge in [-0.2, -0.15) is 0 Å². The molecule has 2 aromatic rings. The molecule has 2 rings (SSSR count). The number of hydrogen-bond donors (Lipinski definition) is 1. The van der Waals surface area contributed by atoms with Crippen LogP contribution in [0.1, 0.15) is 28.4 Å². The third-order valence-electron chi connectivity index (χ3n) is 3.70. The van der Waals surface area contributed by atoms with Gasteiger partial charge in [-0.05, 0) is 36.6 Å². The van der Waals surface area contributed by atoms with Gasteiger partial charge in [-0.25, -0.2) is 8.78 Å². The SMILES string of the molecule is COc1c(C(O)Cc2ccc(F)cc2F)ccc(C)c1C. The number of aliphatic hydroxyl groups excluding tert-OH is 1. The van der Waals surface area contributed by atoms with Crippen molar-refractivity contribution in [3.8, 4) is 5.75 Å². The number of aryl methyl sites for hydroxylation is 1. The van der Waals surface area contributed by atoms with E-state index in [0.29, 0.717) is 11.3 Å². The quantitative estimate of drug-likeness (QED) is 0.927. The first-order valence-corrected chi connectivity index (χ1v) is 6.70. The summed E-state index contributed by atoms with van der Waals surface area (Å²) in [5, 5.41) is 10.4. The van der Waals surface area contributed by atoms with Crippen LogP contribution >= 0.6 is 0 Å². The van der Waals surface area contributed by atoms with Crippen LogP contribution in [-0.4, -0.2) is 12.2 Å². The van der Waals surface area contributed by atoms with Crippen LogP contribution in [-0.2, 0) is 6.42 Å². The second-order valence-corrected chi connectivity index (χ2v) is 5.09. The van der Waals surface area contributed by atoms with Gasteiger partial charge in [-0.1, -0.05) is 18.2 Å². The molecule has 0 aliphatic rings. The number of hydrogen-bond acceptors (Lipinski definition) is 2. The average molecular weight is 292 g/mol. The lowest BCUT2D eigenvalue weighted by atomic mass is 9.96. The highest BCUT2D eigenvalue weighted by molar-refractivity contribution is 5.46. The Balaban J connectivity index is 2.32. The average Bonchev–Trinajstić information content (AvgIpc) is 2.44. The van der Waals surface area contributed by atoms with E-state index in [1.807, 2.05) is 19.9 Å². The molecule has 1 unspecified atom stereocenters. The molecule has 1 N–H and O–H groups in total. The van der Waals surface area contributed by atoms with Crippen molar-refractivity contribution >= 4 is 0 Å². The standard InChI is InChI=1S/C17H18F2O2/c1-10-4-7-14(17(21-3)11(10)2)16(20)8-12-5-6-13(18)9-15(12)19/h4-7,9,16,20H,8H2,1-3H3. The molecule has 4 heteroatoms. The lowest BCUT2D eigenvalue weighted by Crippen LogP contribution is -2.07. The van der Waals surface area contributed by atoms with Gasteiger partial charge in [0.15, 0.2) is 0 Å². The Labute approximate surface area is 123 Å². The molecule has 0 aliphatic heterocycles. The molecule has 0 heterocycles. The molecule has 0 radical (unpaired) electrons. The lowest BCUT2D eigenvalue weighted by Gasteiger charge is -2.18. The van der Waals surface area contributed by atoms with Gasteiger partial charge in [0.05, 0.1) is 13.2 Å². The molecule has 0 aliphatic carbocycles. The van der Waals surface area contributed by atoms with Crippen LogP contribution in [0.3, 0.4) is 0 Å². The highest BCUT2D eigenvalue weighted by Crippen LogP contribution is 2.32. The maximum atomic E-state index is 13.7.